The molecule has 1 heterocycles. The van der Waals surface area contributed by atoms with Crippen molar-refractivity contribution in [2.75, 3.05) is 17.4 Å². The lowest BCUT2D eigenvalue weighted by Crippen LogP contribution is -2.32. The van der Waals surface area contributed by atoms with Gasteiger partial charge >= 0.3 is 0 Å². The van der Waals surface area contributed by atoms with E-state index in [1.807, 2.05) is 0 Å². The molecule has 0 aromatic carbocycles. The highest BCUT2D eigenvalue weighted by atomic mass is 15.3. The van der Waals surface area contributed by atoms with E-state index >= 15 is 0 Å². The molecule has 0 fully saturated rings. The smallest absolute Gasteiger partial charge is 0.148 e. The van der Waals surface area contributed by atoms with Crippen LogP contribution in [0.5, 0.6) is 0 Å². The third-order valence-electron chi connectivity index (χ3n) is 3.38. The molecule has 0 radical (unpaired) electrons. The van der Waals surface area contributed by atoms with Gasteiger partial charge in [-0.05, 0) is 25.2 Å². The Morgan fingerprint density at radius 2 is 1.84 bits per heavy atom. The van der Waals surface area contributed by atoms with Crippen molar-refractivity contribution in [2.45, 2.75) is 53.0 Å². The largest absolute Gasteiger partial charge is 0.357 e. The number of hydrogen-bond donors (Lipinski definition) is 2. The number of aromatic nitrogens is 2. The van der Waals surface area contributed by atoms with Gasteiger partial charge in [0.25, 0.3) is 0 Å². The molecule has 5 nitrogen and oxygen atoms in total. The van der Waals surface area contributed by atoms with E-state index in [-0.39, 0.29) is 0 Å². The highest BCUT2D eigenvalue weighted by Gasteiger charge is 2.20. The van der Waals surface area contributed by atoms with Crippen LogP contribution in [0.25, 0.3) is 0 Å². The lowest BCUT2D eigenvalue weighted by molar-refractivity contribution is 0.500. The molecule has 0 bridgehead atoms. The van der Waals surface area contributed by atoms with Crippen molar-refractivity contribution in [3.8, 4) is 0 Å². The molecule has 108 valence electrons. The van der Waals surface area contributed by atoms with E-state index in [1.165, 1.54) is 0 Å². The predicted octanol–water partition coefficient (Wildman–Crippen LogP) is 2.76. The second-order valence-electron chi connectivity index (χ2n) is 5.85. The van der Waals surface area contributed by atoms with Gasteiger partial charge in [-0.2, -0.15) is 0 Å². The van der Waals surface area contributed by atoms with Crippen molar-refractivity contribution < 1.29 is 0 Å². The van der Waals surface area contributed by atoms with Gasteiger partial charge in [-0.3, -0.25) is 0 Å². The minimum absolute atomic E-state index is 0.316. The maximum Gasteiger partial charge on any atom is 0.148 e. The second-order valence-corrected chi connectivity index (χ2v) is 5.85. The van der Waals surface area contributed by atoms with Crippen LogP contribution in [0, 0.1) is 5.92 Å². The lowest BCUT2D eigenvalue weighted by atomic mass is 10.0. The quantitative estimate of drug-likeness (QED) is 0.611. The molecule has 0 amide bonds. The van der Waals surface area contributed by atoms with E-state index in [4.69, 9.17) is 5.84 Å². The fraction of sp³-hybridized carbons (Fsp3) is 0.714. The SMILES string of the molecule is CC(C)CC(C)N(C)c1ncnc(NN)c1C(C)C. The van der Waals surface area contributed by atoms with Crippen LogP contribution in [0.2, 0.25) is 0 Å². The van der Waals surface area contributed by atoms with Crippen LogP contribution in [0.4, 0.5) is 11.6 Å². The van der Waals surface area contributed by atoms with Crippen molar-refractivity contribution in [1.82, 2.24) is 9.97 Å². The summed E-state index contributed by atoms with van der Waals surface area (Å²) in [6.07, 6.45) is 2.69. The molecule has 1 aromatic heterocycles. The first-order chi connectivity index (χ1) is 8.88. The number of nitrogens with two attached hydrogens (primary N) is 1. The van der Waals surface area contributed by atoms with Crippen LogP contribution in [-0.2, 0) is 0 Å². The first-order valence-electron chi connectivity index (χ1n) is 6.92. The third kappa shape index (κ3) is 3.80. The summed E-state index contributed by atoms with van der Waals surface area (Å²) in [6, 6.07) is 0.429. The Balaban J connectivity index is 3.11. The summed E-state index contributed by atoms with van der Waals surface area (Å²) in [6.45, 7) is 11.0. The molecule has 1 unspecified atom stereocenters. The molecule has 0 aliphatic carbocycles. The summed E-state index contributed by atoms with van der Waals surface area (Å²) < 4.78 is 0. The number of nitrogen functional groups attached to an aromatic ring is 1. The zero-order chi connectivity index (χ0) is 14.6. The molecule has 0 aliphatic rings. The van der Waals surface area contributed by atoms with Gasteiger partial charge in [0.05, 0.1) is 0 Å². The second kappa shape index (κ2) is 6.70. The number of anilines is 2. The Hall–Kier alpha value is -1.36. The first-order valence-corrected chi connectivity index (χ1v) is 6.92. The number of nitrogens with zero attached hydrogens (tertiary/aromatic N) is 3. The van der Waals surface area contributed by atoms with Gasteiger partial charge in [0.2, 0.25) is 0 Å². The minimum atomic E-state index is 0.316. The molecule has 0 aliphatic heterocycles. The molecule has 5 heteroatoms. The van der Waals surface area contributed by atoms with Gasteiger partial charge in [-0.25, -0.2) is 15.8 Å². The molecule has 0 saturated heterocycles. The van der Waals surface area contributed by atoms with E-state index in [1.54, 1.807) is 6.33 Å². The van der Waals surface area contributed by atoms with E-state index in [9.17, 15) is 0 Å². The summed E-state index contributed by atoms with van der Waals surface area (Å²) in [5.74, 6) is 8.21. The molecule has 1 atom stereocenters. The van der Waals surface area contributed by atoms with Crippen molar-refractivity contribution in [3.63, 3.8) is 0 Å². The Morgan fingerprint density at radius 1 is 1.21 bits per heavy atom. The summed E-state index contributed by atoms with van der Waals surface area (Å²) in [5, 5.41) is 0. The first kappa shape index (κ1) is 15.7. The average Bonchev–Trinajstić information content (AvgIpc) is 2.35. The molecular weight excluding hydrogens is 238 g/mol. The Bertz CT molecular complexity index is 403. The van der Waals surface area contributed by atoms with Crippen LogP contribution in [0.15, 0.2) is 6.33 Å². The van der Waals surface area contributed by atoms with Gasteiger partial charge in [-0.1, -0.05) is 27.7 Å². The standard InChI is InChI=1S/C14H27N5/c1-9(2)7-11(5)19(6)14-12(10(3)4)13(18-15)16-8-17-14/h8-11H,7,15H2,1-6H3,(H,16,17,18). The van der Waals surface area contributed by atoms with Crippen molar-refractivity contribution in [1.29, 1.82) is 0 Å². The van der Waals surface area contributed by atoms with Crippen LogP contribution < -0.4 is 16.2 Å². The van der Waals surface area contributed by atoms with Crippen LogP contribution in [0.3, 0.4) is 0 Å². The summed E-state index contributed by atoms with van der Waals surface area (Å²) in [5.41, 5.74) is 3.75. The summed E-state index contributed by atoms with van der Waals surface area (Å²) >= 11 is 0. The minimum Gasteiger partial charge on any atom is -0.357 e. The number of hydrogen-bond acceptors (Lipinski definition) is 5. The zero-order valence-electron chi connectivity index (χ0n) is 12.9. The molecule has 3 N–H and O–H groups in total. The summed E-state index contributed by atoms with van der Waals surface area (Å²) in [4.78, 5) is 10.9. The van der Waals surface area contributed by atoms with Crippen molar-refractivity contribution in [2.24, 2.45) is 11.8 Å². The van der Waals surface area contributed by atoms with Gasteiger partial charge in [-0.15, -0.1) is 0 Å². The van der Waals surface area contributed by atoms with Crippen LogP contribution in [-0.4, -0.2) is 23.1 Å². The van der Waals surface area contributed by atoms with Crippen molar-refractivity contribution in [3.05, 3.63) is 11.9 Å². The van der Waals surface area contributed by atoms with Crippen molar-refractivity contribution >= 4 is 11.6 Å². The molecular formula is C14H27N5. The molecule has 0 saturated carbocycles. The highest BCUT2D eigenvalue weighted by molar-refractivity contribution is 5.59. The molecule has 19 heavy (non-hydrogen) atoms. The maximum absolute atomic E-state index is 5.56. The third-order valence-corrected chi connectivity index (χ3v) is 3.38. The van der Waals surface area contributed by atoms with Gasteiger partial charge in [0, 0.05) is 18.7 Å². The Labute approximate surface area is 116 Å². The zero-order valence-corrected chi connectivity index (χ0v) is 12.9. The van der Waals surface area contributed by atoms with Crippen LogP contribution in [0.1, 0.15) is 52.5 Å². The normalized spacial score (nSPS) is 12.9. The number of hydrazine groups is 1. The fourth-order valence-corrected chi connectivity index (χ4v) is 2.36. The van der Waals surface area contributed by atoms with E-state index in [0.717, 1.165) is 17.8 Å². The lowest BCUT2D eigenvalue weighted by Gasteiger charge is -2.30. The fourth-order valence-electron chi connectivity index (χ4n) is 2.36. The van der Waals surface area contributed by atoms with Gasteiger partial charge < -0.3 is 10.3 Å². The Morgan fingerprint density at radius 3 is 2.32 bits per heavy atom. The van der Waals surface area contributed by atoms with E-state index < -0.39 is 0 Å². The topological polar surface area (TPSA) is 67.1 Å². The molecule has 1 aromatic rings. The summed E-state index contributed by atoms with van der Waals surface area (Å²) in [7, 11) is 2.08. The number of rotatable bonds is 6. The average molecular weight is 265 g/mol. The maximum atomic E-state index is 5.56. The molecule has 1 rings (SSSR count). The monoisotopic (exact) mass is 265 g/mol. The van der Waals surface area contributed by atoms with Gasteiger partial charge in [0.15, 0.2) is 0 Å². The van der Waals surface area contributed by atoms with E-state index in [0.29, 0.717) is 23.7 Å². The molecule has 0 spiro atoms. The Kier molecular flexibility index (Phi) is 5.54. The highest BCUT2D eigenvalue weighted by Crippen LogP contribution is 2.31. The number of nitrogens with one attached hydrogen (secondary N) is 1. The van der Waals surface area contributed by atoms with Gasteiger partial charge in [0.1, 0.15) is 18.0 Å². The van der Waals surface area contributed by atoms with E-state index in [2.05, 4.69) is 62.0 Å². The van der Waals surface area contributed by atoms with Crippen LogP contribution >= 0.6 is 0 Å². The predicted molar refractivity (Wildman–Crippen MR) is 81.3 cm³/mol.